The first kappa shape index (κ1) is 21.6. The number of hydrogen-bond acceptors (Lipinski definition) is 5. The Hall–Kier alpha value is -3.59. The van der Waals surface area contributed by atoms with Crippen molar-refractivity contribution in [3.05, 3.63) is 60.3 Å². The van der Waals surface area contributed by atoms with Gasteiger partial charge in [0, 0.05) is 36.3 Å². The van der Waals surface area contributed by atoms with Gasteiger partial charge in [-0.1, -0.05) is 6.07 Å². The molecular weight excluding hydrogens is 411 g/mol. The fourth-order valence-corrected chi connectivity index (χ4v) is 3.50. The van der Waals surface area contributed by atoms with Crippen LogP contribution in [0.2, 0.25) is 0 Å². The number of anilines is 1. The molecule has 9 heteroatoms. The molecule has 1 N–H and O–H groups in total. The molecule has 0 aliphatic rings. The van der Waals surface area contributed by atoms with Crippen molar-refractivity contribution >= 4 is 22.6 Å². The molecule has 0 aliphatic carbocycles. The quantitative estimate of drug-likeness (QED) is 0.416. The van der Waals surface area contributed by atoms with Gasteiger partial charge in [0.15, 0.2) is 5.82 Å². The molecule has 32 heavy (non-hydrogen) atoms. The van der Waals surface area contributed by atoms with Gasteiger partial charge in [0.2, 0.25) is 0 Å². The minimum absolute atomic E-state index is 0.0496. The van der Waals surface area contributed by atoms with E-state index in [0.29, 0.717) is 37.1 Å². The van der Waals surface area contributed by atoms with Crippen molar-refractivity contribution in [3.63, 3.8) is 0 Å². The zero-order valence-corrected chi connectivity index (χ0v) is 18.2. The Balaban J connectivity index is 1.59. The number of halogens is 1. The number of nitrogens with zero attached hydrogens (tertiary/aromatic N) is 5. The first-order valence-electron chi connectivity index (χ1n) is 10.5. The van der Waals surface area contributed by atoms with Gasteiger partial charge in [0.25, 0.3) is 5.91 Å². The van der Waals surface area contributed by atoms with E-state index < -0.39 is 11.7 Å². The molecular formula is C23H25FN6O2. The topological polar surface area (TPSA) is 86.9 Å². The molecule has 0 spiro atoms. The van der Waals surface area contributed by atoms with E-state index in [4.69, 9.17) is 4.74 Å². The lowest BCUT2D eigenvalue weighted by Gasteiger charge is -2.11. The number of fused-ring (bicyclic) bond motifs is 1. The molecule has 1 aromatic carbocycles. The lowest BCUT2D eigenvalue weighted by atomic mass is 10.1. The van der Waals surface area contributed by atoms with Gasteiger partial charge < -0.3 is 19.2 Å². The number of ether oxygens (including phenoxy) is 1. The molecule has 0 bridgehead atoms. The maximum Gasteiger partial charge on any atom is 0.259 e. The van der Waals surface area contributed by atoms with Crippen LogP contribution < -0.4 is 5.32 Å². The van der Waals surface area contributed by atoms with Crippen LogP contribution in [-0.2, 0) is 11.3 Å². The molecule has 1 amide bonds. The highest BCUT2D eigenvalue weighted by atomic mass is 19.1. The standard InChI is InChI=1S/C23H25FN6O2/c1-4-32-11-10-29-9-8-16-12-18(24)17(13-20(16)29)23(31)27-21-7-5-6-19(26-21)22-28-25-14-30(22)15(2)3/h5-9,12-15H,4,10-11H2,1-3H3,(H,26,27,31). The van der Waals surface area contributed by atoms with E-state index in [-0.39, 0.29) is 11.6 Å². The largest absolute Gasteiger partial charge is 0.380 e. The molecule has 0 radical (unpaired) electrons. The number of hydrogen-bond donors (Lipinski definition) is 1. The molecule has 0 saturated heterocycles. The Morgan fingerprint density at radius 3 is 2.88 bits per heavy atom. The first-order chi connectivity index (χ1) is 15.5. The summed E-state index contributed by atoms with van der Waals surface area (Å²) < 4.78 is 23.9. The number of benzene rings is 1. The van der Waals surface area contributed by atoms with Crippen LogP contribution in [0.3, 0.4) is 0 Å². The zero-order chi connectivity index (χ0) is 22.7. The maximum atomic E-state index is 14.7. The van der Waals surface area contributed by atoms with Gasteiger partial charge in [0.1, 0.15) is 23.7 Å². The van der Waals surface area contributed by atoms with E-state index in [1.54, 1.807) is 30.6 Å². The molecule has 0 fully saturated rings. The summed E-state index contributed by atoms with van der Waals surface area (Å²) in [5.74, 6) is -0.266. The molecule has 3 aromatic heterocycles. The Bertz CT molecular complexity index is 1250. The molecule has 0 saturated carbocycles. The molecule has 4 rings (SSSR count). The van der Waals surface area contributed by atoms with E-state index in [9.17, 15) is 9.18 Å². The van der Waals surface area contributed by atoms with Crippen molar-refractivity contribution in [2.45, 2.75) is 33.4 Å². The van der Waals surface area contributed by atoms with Gasteiger partial charge >= 0.3 is 0 Å². The van der Waals surface area contributed by atoms with Gasteiger partial charge in [0.05, 0.1) is 12.2 Å². The number of carbonyl (C=O) groups excluding carboxylic acids is 1. The second-order valence-electron chi connectivity index (χ2n) is 7.61. The molecule has 166 valence electrons. The number of amides is 1. The lowest BCUT2D eigenvalue weighted by molar-refractivity contribution is 0.102. The van der Waals surface area contributed by atoms with E-state index in [2.05, 4.69) is 20.5 Å². The minimum Gasteiger partial charge on any atom is -0.380 e. The van der Waals surface area contributed by atoms with Gasteiger partial charge in [-0.15, -0.1) is 10.2 Å². The summed E-state index contributed by atoms with van der Waals surface area (Å²) >= 11 is 0. The Kier molecular flexibility index (Phi) is 6.27. The van der Waals surface area contributed by atoms with E-state index >= 15 is 0 Å². The van der Waals surface area contributed by atoms with Crippen molar-refractivity contribution in [3.8, 4) is 11.5 Å². The summed E-state index contributed by atoms with van der Waals surface area (Å²) in [6, 6.07) is 10.1. The summed E-state index contributed by atoms with van der Waals surface area (Å²) in [7, 11) is 0. The van der Waals surface area contributed by atoms with Gasteiger partial charge in [-0.25, -0.2) is 9.37 Å². The van der Waals surface area contributed by atoms with E-state index in [1.165, 1.54) is 6.07 Å². The molecule has 0 atom stereocenters. The Morgan fingerprint density at radius 2 is 2.09 bits per heavy atom. The van der Waals surface area contributed by atoms with Crippen LogP contribution in [0, 0.1) is 5.82 Å². The smallest absolute Gasteiger partial charge is 0.259 e. The third kappa shape index (κ3) is 4.38. The van der Waals surface area contributed by atoms with E-state index in [1.807, 2.05) is 42.2 Å². The van der Waals surface area contributed by atoms with Crippen LogP contribution in [-0.4, -0.2) is 43.4 Å². The van der Waals surface area contributed by atoms with Gasteiger partial charge in [-0.05, 0) is 51.1 Å². The van der Waals surface area contributed by atoms with Crippen LogP contribution in [0.25, 0.3) is 22.4 Å². The van der Waals surface area contributed by atoms with Crippen LogP contribution in [0.5, 0.6) is 0 Å². The number of aromatic nitrogens is 5. The monoisotopic (exact) mass is 436 g/mol. The van der Waals surface area contributed by atoms with Crippen LogP contribution in [0.1, 0.15) is 37.2 Å². The third-order valence-electron chi connectivity index (χ3n) is 5.13. The zero-order valence-electron chi connectivity index (χ0n) is 18.2. The second-order valence-corrected chi connectivity index (χ2v) is 7.61. The first-order valence-corrected chi connectivity index (χ1v) is 10.5. The fraction of sp³-hybridized carbons (Fsp3) is 0.304. The average Bonchev–Trinajstić information content (AvgIpc) is 3.41. The summed E-state index contributed by atoms with van der Waals surface area (Å²) in [5.41, 5.74) is 1.28. The highest BCUT2D eigenvalue weighted by Gasteiger charge is 2.17. The van der Waals surface area contributed by atoms with Crippen molar-refractivity contribution in [2.24, 2.45) is 0 Å². The number of pyridine rings is 1. The number of rotatable bonds is 8. The van der Waals surface area contributed by atoms with Crippen molar-refractivity contribution < 1.29 is 13.9 Å². The van der Waals surface area contributed by atoms with Gasteiger partial charge in [-0.2, -0.15) is 0 Å². The maximum absolute atomic E-state index is 14.7. The SMILES string of the molecule is CCOCCn1ccc2cc(F)c(C(=O)Nc3cccc(-c4nncn4C(C)C)n3)cc21. The predicted octanol–water partition coefficient (Wildman–Crippen LogP) is 4.30. The Labute approximate surface area is 185 Å². The summed E-state index contributed by atoms with van der Waals surface area (Å²) in [5, 5.41) is 11.5. The average molecular weight is 436 g/mol. The molecule has 0 aliphatic heterocycles. The predicted molar refractivity (Wildman–Crippen MR) is 120 cm³/mol. The van der Waals surface area contributed by atoms with Crippen molar-refractivity contribution in [1.82, 2.24) is 24.3 Å². The highest BCUT2D eigenvalue weighted by molar-refractivity contribution is 6.06. The molecule has 4 aromatic rings. The normalized spacial score (nSPS) is 11.4. The second kappa shape index (κ2) is 9.27. The lowest BCUT2D eigenvalue weighted by Crippen LogP contribution is -2.15. The van der Waals surface area contributed by atoms with Crippen molar-refractivity contribution in [2.75, 3.05) is 18.5 Å². The molecule has 8 nitrogen and oxygen atoms in total. The molecule has 0 unspecified atom stereocenters. The minimum atomic E-state index is -0.590. The highest BCUT2D eigenvalue weighted by Crippen LogP contribution is 2.23. The number of carbonyl (C=O) groups is 1. The summed E-state index contributed by atoms with van der Waals surface area (Å²) in [6.07, 6.45) is 3.50. The van der Waals surface area contributed by atoms with Gasteiger partial charge in [-0.3, -0.25) is 4.79 Å². The van der Waals surface area contributed by atoms with E-state index in [0.717, 1.165) is 10.9 Å². The third-order valence-corrected chi connectivity index (χ3v) is 5.13. The fourth-order valence-electron chi connectivity index (χ4n) is 3.50. The number of nitrogens with one attached hydrogen (secondary N) is 1. The van der Waals surface area contributed by atoms with Crippen molar-refractivity contribution in [1.29, 1.82) is 0 Å². The summed E-state index contributed by atoms with van der Waals surface area (Å²) in [6.45, 7) is 7.74. The van der Waals surface area contributed by atoms with Crippen LogP contribution in [0.4, 0.5) is 10.2 Å². The summed E-state index contributed by atoms with van der Waals surface area (Å²) in [4.78, 5) is 17.4. The van der Waals surface area contributed by atoms with Crippen LogP contribution >= 0.6 is 0 Å². The Morgan fingerprint density at radius 1 is 1.25 bits per heavy atom. The molecule has 3 heterocycles. The van der Waals surface area contributed by atoms with Crippen LogP contribution in [0.15, 0.2) is 48.9 Å².